The molecule has 1 fully saturated rings. The first-order valence-corrected chi connectivity index (χ1v) is 6.92. The standard InChI is InChI=1S/C14H14BrNO2/c15-11-3-4-13-12(6-11)10(5-14(17)18)8-16(13)7-9-1-2-9/h3-4,6,8-9H,1-2,5,7H2,(H,17,18). The molecule has 1 aliphatic carbocycles. The molecule has 1 aromatic heterocycles. The van der Waals surface area contributed by atoms with E-state index in [2.05, 4.69) is 26.6 Å². The van der Waals surface area contributed by atoms with Crippen LogP contribution in [0.2, 0.25) is 0 Å². The average Bonchev–Trinajstić information content (AvgIpc) is 3.04. The Bertz CT molecular complexity index is 614. The van der Waals surface area contributed by atoms with Crippen LogP contribution in [-0.2, 0) is 17.8 Å². The molecule has 1 saturated carbocycles. The highest BCUT2D eigenvalue weighted by Crippen LogP contribution is 2.33. The molecule has 0 amide bonds. The van der Waals surface area contributed by atoms with Crippen LogP contribution in [0.5, 0.6) is 0 Å². The molecule has 0 radical (unpaired) electrons. The number of benzene rings is 1. The molecule has 0 bridgehead atoms. The number of hydrogen-bond donors (Lipinski definition) is 1. The summed E-state index contributed by atoms with van der Waals surface area (Å²) in [4.78, 5) is 10.9. The molecule has 3 nitrogen and oxygen atoms in total. The van der Waals surface area contributed by atoms with Crippen molar-refractivity contribution in [3.8, 4) is 0 Å². The number of carboxylic acids is 1. The van der Waals surface area contributed by atoms with Crippen molar-refractivity contribution in [3.05, 3.63) is 34.4 Å². The number of rotatable bonds is 4. The molecule has 0 spiro atoms. The first-order chi connectivity index (χ1) is 8.63. The van der Waals surface area contributed by atoms with E-state index in [9.17, 15) is 4.79 Å². The fourth-order valence-electron chi connectivity index (χ4n) is 2.38. The smallest absolute Gasteiger partial charge is 0.307 e. The highest BCUT2D eigenvalue weighted by Gasteiger charge is 2.23. The van der Waals surface area contributed by atoms with Crippen LogP contribution < -0.4 is 0 Å². The molecule has 2 aromatic rings. The molecular formula is C14H14BrNO2. The Morgan fingerprint density at radius 1 is 1.44 bits per heavy atom. The quantitative estimate of drug-likeness (QED) is 0.940. The molecule has 1 aliphatic rings. The van der Waals surface area contributed by atoms with Gasteiger partial charge in [0.2, 0.25) is 0 Å². The van der Waals surface area contributed by atoms with E-state index >= 15 is 0 Å². The van der Waals surface area contributed by atoms with Crippen molar-refractivity contribution in [1.82, 2.24) is 4.57 Å². The molecule has 1 heterocycles. The van der Waals surface area contributed by atoms with Crippen LogP contribution in [0.25, 0.3) is 10.9 Å². The van der Waals surface area contributed by atoms with Crippen molar-refractivity contribution in [2.45, 2.75) is 25.8 Å². The zero-order chi connectivity index (χ0) is 12.7. The van der Waals surface area contributed by atoms with E-state index in [1.165, 1.54) is 12.8 Å². The van der Waals surface area contributed by atoms with Gasteiger partial charge in [0.25, 0.3) is 0 Å². The molecule has 0 aliphatic heterocycles. The summed E-state index contributed by atoms with van der Waals surface area (Å²) in [5, 5.41) is 10.0. The Kier molecular flexibility index (Phi) is 2.90. The van der Waals surface area contributed by atoms with Crippen molar-refractivity contribution in [1.29, 1.82) is 0 Å². The van der Waals surface area contributed by atoms with Gasteiger partial charge in [-0.15, -0.1) is 0 Å². The number of halogens is 1. The minimum Gasteiger partial charge on any atom is -0.481 e. The van der Waals surface area contributed by atoms with Gasteiger partial charge in [-0.2, -0.15) is 0 Å². The van der Waals surface area contributed by atoms with E-state index in [4.69, 9.17) is 5.11 Å². The maximum atomic E-state index is 10.9. The van der Waals surface area contributed by atoms with Crippen molar-refractivity contribution in [2.75, 3.05) is 0 Å². The molecule has 1 aromatic carbocycles. The second kappa shape index (κ2) is 4.43. The van der Waals surface area contributed by atoms with Gasteiger partial charge in [-0.05, 0) is 42.5 Å². The van der Waals surface area contributed by atoms with Crippen molar-refractivity contribution in [3.63, 3.8) is 0 Å². The fourth-order valence-corrected chi connectivity index (χ4v) is 2.74. The van der Waals surface area contributed by atoms with E-state index < -0.39 is 5.97 Å². The second-order valence-electron chi connectivity index (χ2n) is 4.98. The van der Waals surface area contributed by atoms with Crippen LogP contribution in [0.3, 0.4) is 0 Å². The topological polar surface area (TPSA) is 42.2 Å². The van der Waals surface area contributed by atoms with Gasteiger partial charge >= 0.3 is 5.97 Å². The number of carboxylic acid groups (broad SMARTS) is 1. The SMILES string of the molecule is O=C(O)Cc1cn(CC2CC2)c2ccc(Br)cc12. The van der Waals surface area contributed by atoms with Gasteiger partial charge in [0.05, 0.1) is 6.42 Å². The van der Waals surface area contributed by atoms with Crippen LogP contribution in [0.15, 0.2) is 28.9 Å². The summed E-state index contributed by atoms with van der Waals surface area (Å²) in [6.07, 6.45) is 4.68. The van der Waals surface area contributed by atoms with E-state index in [0.717, 1.165) is 33.4 Å². The summed E-state index contributed by atoms with van der Waals surface area (Å²) in [5.41, 5.74) is 2.04. The lowest BCUT2D eigenvalue weighted by molar-refractivity contribution is -0.136. The minimum absolute atomic E-state index is 0.0879. The van der Waals surface area contributed by atoms with Gasteiger partial charge < -0.3 is 9.67 Å². The highest BCUT2D eigenvalue weighted by molar-refractivity contribution is 9.10. The van der Waals surface area contributed by atoms with E-state index in [-0.39, 0.29) is 6.42 Å². The number of hydrogen-bond acceptors (Lipinski definition) is 1. The third-order valence-corrected chi connectivity index (χ3v) is 3.91. The van der Waals surface area contributed by atoms with E-state index in [1.807, 2.05) is 18.3 Å². The van der Waals surface area contributed by atoms with Crippen molar-refractivity contribution in [2.24, 2.45) is 5.92 Å². The minimum atomic E-state index is -0.777. The first-order valence-electron chi connectivity index (χ1n) is 6.12. The summed E-state index contributed by atoms with van der Waals surface area (Å²) in [5.74, 6) is 0.00220. The Morgan fingerprint density at radius 3 is 2.89 bits per heavy atom. The number of nitrogens with zero attached hydrogens (tertiary/aromatic N) is 1. The molecule has 94 valence electrons. The largest absolute Gasteiger partial charge is 0.481 e. The Hall–Kier alpha value is -1.29. The maximum Gasteiger partial charge on any atom is 0.307 e. The van der Waals surface area contributed by atoms with Gasteiger partial charge in [0.15, 0.2) is 0 Å². The number of carbonyl (C=O) groups is 1. The summed E-state index contributed by atoms with van der Waals surface area (Å²) >= 11 is 3.45. The van der Waals surface area contributed by atoms with Crippen LogP contribution in [0.1, 0.15) is 18.4 Å². The van der Waals surface area contributed by atoms with Gasteiger partial charge in [-0.1, -0.05) is 15.9 Å². The molecule has 0 unspecified atom stereocenters. The third-order valence-electron chi connectivity index (χ3n) is 3.42. The first kappa shape index (κ1) is 11.8. The van der Waals surface area contributed by atoms with Gasteiger partial charge in [0.1, 0.15) is 0 Å². The predicted molar refractivity (Wildman–Crippen MR) is 73.7 cm³/mol. The normalized spacial score (nSPS) is 15.2. The Labute approximate surface area is 114 Å². The van der Waals surface area contributed by atoms with Crippen LogP contribution >= 0.6 is 15.9 Å². The van der Waals surface area contributed by atoms with E-state index in [0.29, 0.717) is 0 Å². The zero-order valence-electron chi connectivity index (χ0n) is 9.90. The second-order valence-corrected chi connectivity index (χ2v) is 5.90. The molecule has 4 heteroatoms. The van der Waals surface area contributed by atoms with Crippen LogP contribution in [0, 0.1) is 5.92 Å². The zero-order valence-corrected chi connectivity index (χ0v) is 11.5. The summed E-state index contributed by atoms with van der Waals surface area (Å²) < 4.78 is 3.20. The van der Waals surface area contributed by atoms with Crippen molar-refractivity contribution >= 4 is 32.8 Å². The number of aliphatic carboxylic acids is 1. The molecular weight excluding hydrogens is 294 g/mol. The Balaban J connectivity index is 2.08. The van der Waals surface area contributed by atoms with Crippen LogP contribution in [0.4, 0.5) is 0 Å². The lowest BCUT2D eigenvalue weighted by Gasteiger charge is -2.03. The van der Waals surface area contributed by atoms with E-state index in [1.54, 1.807) is 0 Å². The highest BCUT2D eigenvalue weighted by atomic mass is 79.9. The van der Waals surface area contributed by atoms with Gasteiger partial charge in [-0.3, -0.25) is 4.79 Å². The molecule has 1 N–H and O–H groups in total. The molecule has 0 saturated heterocycles. The molecule has 0 atom stereocenters. The van der Waals surface area contributed by atoms with Crippen LogP contribution in [-0.4, -0.2) is 15.6 Å². The Morgan fingerprint density at radius 2 is 2.22 bits per heavy atom. The van der Waals surface area contributed by atoms with Crippen molar-refractivity contribution < 1.29 is 9.90 Å². The van der Waals surface area contributed by atoms with Gasteiger partial charge in [-0.25, -0.2) is 0 Å². The lowest BCUT2D eigenvalue weighted by Crippen LogP contribution is -2.00. The monoisotopic (exact) mass is 307 g/mol. The summed E-state index contributed by atoms with van der Waals surface area (Å²) in [7, 11) is 0. The van der Waals surface area contributed by atoms with Gasteiger partial charge in [0, 0.05) is 28.1 Å². The average molecular weight is 308 g/mol. The number of aromatic nitrogens is 1. The summed E-state index contributed by atoms with van der Waals surface area (Å²) in [6, 6.07) is 6.08. The fraction of sp³-hybridized carbons (Fsp3) is 0.357. The number of fused-ring (bicyclic) bond motifs is 1. The maximum absolute atomic E-state index is 10.9. The molecule has 18 heavy (non-hydrogen) atoms. The summed E-state index contributed by atoms with van der Waals surface area (Å²) in [6.45, 7) is 1.01. The predicted octanol–water partition coefficient (Wildman–Crippen LogP) is 3.44. The molecule has 3 rings (SSSR count). The third kappa shape index (κ3) is 2.29. The lowest BCUT2D eigenvalue weighted by atomic mass is 10.1.